The van der Waals surface area contributed by atoms with Gasteiger partial charge < -0.3 is 0 Å². The quantitative estimate of drug-likeness (QED) is 0.825. The Morgan fingerprint density at radius 2 is 2.00 bits per heavy atom. The summed E-state index contributed by atoms with van der Waals surface area (Å²) >= 11 is 0. The topological polar surface area (TPSA) is 116 Å². The number of hydrogen-bond donors (Lipinski definition) is 1. The van der Waals surface area contributed by atoms with Crippen molar-refractivity contribution in [2.24, 2.45) is 5.14 Å². The van der Waals surface area contributed by atoms with Gasteiger partial charge in [-0.05, 0) is 28.9 Å². The van der Waals surface area contributed by atoms with Gasteiger partial charge in [0.25, 0.3) is 0 Å². The number of rotatable bonds is 3. The van der Waals surface area contributed by atoms with Crippen molar-refractivity contribution in [1.82, 2.24) is 10.3 Å². The summed E-state index contributed by atoms with van der Waals surface area (Å²) in [5.41, 5.74) is 0.846. The van der Waals surface area contributed by atoms with E-state index < -0.39 is 10.0 Å². The fraction of sp³-hybridized carbons (Fsp3) is 0.222. The summed E-state index contributed by atoms with van der Waals surface area (Å²) in [5.74, 6) is -0.0716. The summed E-state index contributed by atoms with van der Waals surface area (Å²) in [6, 6.07) is 2.77. The van der Waals surface area contributed by atoms with Gasteiger partial charge in [-0.1, -0.05) is 6.07 Å². The van der Waals surface area contributed by atoms with E-state index in [4.69, 9.17) is 5.14 Å². The summed E-state index contributed by atoms with van der Waals surface area (Å²) < 4.78 is 27.1. The second-order valence-electron chi connectivity index (χ2n) is 3.61. The molecule has 7 nitrogen and oxygen atoms in total. The lowest BCUT2D eigenvalue weighted by atomic mass is 10.1. The second-order valence-corrected chi connectivity index (χ2v) is 5.14. The van der Waals surface area contributed by atoms with E-state index in [9.17, 15) is 13.2 Å². The van der Waals surface area contributed by atoms with Crippen molar-refractivity contribution >= 4 is 26.8 Å². The number of hydrogen-bond acceptors (Lipinski definition) is 6. The number of nitrogens with two attached hydrogens (primary N) is 1. The van der Waals surface area contributed by atoms with Crippen LogP contribution in [0.1, 0.15) is 12.5 Å². The van der Waals surface area contributed by atoms with Crippen molar-refractivity contribution in [3.63, 3.8) is 0 Å². The summed E-state index contributed by atoms with van der Waals surface area (Å²) in [6.45, 7) is 1.42. The van der Waals surface area contributed by atoms with E-state index in [1.54, 1.807) is 0 Å². The average molecular weight is 255 g/mol. The number of primary sulfonamides is 1. The minimum absolute atomic E-state index is 0.0475. The van der Waals surface area contributed by atoms with Gasteiger partial charge in [0.1, 0.15) is 16.2 Å². The summed E-state index contributed by atoms with van der Waals surface area (Å²) in [6.07, 6.45) is 0.135. The molecule has 0 aliphatic heterocycles. The number of nitrogens with zero attached hydrogens (tertiary/aromatic N) is 2. The van der Waals surface area contributed by atoms with E-state index in [-0.39, 0.29) is 28.1 Å². The molecule has 0 fully saturated rings. The number of aromatic nitrogens is 2. The Morgan fingerprint density at radius 3 is 2.59 bits per heavy atom. The van der Waals surface area contributed by atoms with Crippen LogP contribution in [0.5, 0.6) is 0 Å². The SMILES string of the molecule is CC(=O)Cc1ccc(S(N)(=O)=O)c2nonc12. The zero-order chi connectivity index (χ0) is 12.6. The van der Waals surface area contributed by atoms with Crippen LogP contribution >= 0.6 is 0 Å². The monoisotopic (exact) mass is 255 g/mol. The highest BCUT2D eigenvalue weighted by molar-refractivity contribution is 7.89. The summed E-state index contributed by atoms with van der Waals surface area (Å²) in [7, 11) is -3.89. The van der Waals surface area contributed by atoms with Crippen LogP contribution in [-0.2, 0) is 21.2 Å². The average Bonchev–Trinajstić information content (AvgIpc) is 2.63. The molecule has 0 unspecified atom stereocenters. The van der Waals surface area contributed by atoms with Gasteiger partial charge in [-0.15, -0.1) is 0 Å². The van der Waals surface area contributed by atoms with Crippen LogP contribution in [-0.4, -0.2) is 24.5 Å². The van der Waals surface area contributed by atoms with E-state index in [2.05, 4.69) is 14.9 Å². The van der Waals surface area contributed by atoms with Gasteiger partial charge in [-0.25, -0.2) is 18.2 Å². The zero-order valence-electron chi connectivity index (χ0n) is 8.87. The highest BCUT2D eigenvalue weighted by Crippen LogP contribution is 2.22. The van der Waals surface area contributed by atoms with Gasteiger partial charge in [0, 0.05) is 6.42 Å². The summed E-state index contributed by atoms with van der Waals surface area (Å²) in [5, 5.41) is 12.1. The molecule has 8 heteroatoms. The molecule has 2 N–H and O–H groups in total. The molecule has 0 atom stereocenters. The van der Waals surface area contributed by atoms with Crippen LogP contribution < -0.4 is 5.14 Å². The van der Waals surface area contributed by atoms with Gasteiger partial charge in [0.05, 0.1) is 0 Å². The molecule has 2 rings (SSSR count). The molecule has 1 aromatic heterocycles. The third-order valence-electron chi connectivity index (χ3n) is 2.21. The predicted molar refractivity (Wildman–Crippen MR) is 57.6 cm³/mol. The van der Waals surface area contributed by atoms with Gasteiger partial charge in [0.15, 0.2) is 5.52 Å². The Morgan fingerprint density at radius 1 is 1.35 bits per heavy atom. The van der Waals surface area contributed by atoms with E-state index in [0.29, 0.717) is 5.56 Å². The molecule has 0 saturated heterocycles. The Hall–Kier alpha value is -1.80. The van der Waals surface area contributed by atoms with Crippen LogP contribution in [0.15, 0.2) is 21.7 Å². The maximum Gasteiger partial charge on any atom is 0.240 e. The maximum absolute atomic E-state index is 11.3. The first-order valence-electron chi connectivity index (χ1n) is 4.66. The van der Waals surface area contributed by atoms with Crippen LogP contribution in [0.2, 0.25) is 0 Å². The highest BCUT2D eigenvalue weighted by Gasteiger charge is 2.19. The first-order valence-corrected chi connectivity index (χ1v) is 6.20. The van der Waals surface area contributed by atoms with Gasteiger partial charge in [-0.3, -0.25) is 4.79 Å². The number of carbonyl (C=O) groups is 1. The van der Waals surface area contributed by atoms with Crippen LogP contribution in [0.4, 0.5) is 0 Å². The molecule has 0 bridgehead atoms. The minimum atomic E-state index is -3.89. The molecule has 0 radical (unpaired) electrons. The van der Waals surface area contributed by atoms with Crippen molar-refractivity contribution < 1.29 is 17.8 Å². The largest absolute Gasteiger partial charge is 0.300 e. The Kier molecular flexibility index (Phi) is 2.68. The van der Waals surface area contributed by atoms with Crippen molar-refractivity contribution in [2.45, 2.75) is 18.2 Å². The number of ketones is 1. The van der Waals surface area contributed by atoms with Crippen molar-refractivity contribution in [3.05, 3.63) is 17.7 Å². The standard InChI is InChI=1S/C9H9N3O4S/c1-5(13)4-6-2-3-7(17(10,14)15)9-8(6)11-16-12-9/h2-3H,4H2,1H3,(H2,10,14,15). The molecular weight excluding hydrogens is 246 g/mol. The van der Waals surface area contributed by atoms with E-state index in [1.807, 2.05) is 0 Å². The normalized spacial score (nSPS) is 11.9. The number of Topliss-reactive ketones (excluding diaryl/α,β-unsaturated/α-hetero) is 1. The Labute approximate surface area is 96.6 Å². The molecule has 0 saturated carbocycles. The Balaban J connectivity index is 2.71. The lowest BCUT2D eigenvalue weighted by Crippen LogP contribution is -2.13. The number of sulfonamides is 1. The fourth-order valence-electron chi connectivity index (χ4n) is 1.54. The Bertz CT molecular complexity index is 689. The molecule has 0 aliphatic rings. The molecule has 2 aromatic rings. The molecule has 0 spiro atoms. The third kappa shape index (κ3) is 2.17. The van der Waals surface area contributed by atoms with Crippen molar-refractivity contribution in [2.75, 3.05) is 0 Å². The van der Waals surface area contributed by atoms with Crippen LogP contribution in [0, 0.1) is 0 Å². The first kappa shape index (κ1) is 11.7. The van der Waals surface area contributed by atoms with E-state index >= 15 is 0 Å². The number of benzene rings is 1. The van der Waals surface area contributed by atoms with Crippen LogP contribution in [0.3, 0.4) is 0 Å². The van der Waals surface area contributed by atoms with Crippen molar-refractivity contribution in [1.29, 1.82) is 0 Å². The lowest BCUT2D eigenvalue weighted by Gasteiger charge is -2.01. The molecule has 0 amide bonds. The predicted octanol–water partition coefficient (Wildman–Crippen LogP) is 0.00170. The number of carbonyl (C=O) groups excluding carboxylic acids is 1. The van der Waals surface area contributed by atoms with Gasteiger partial charge in [0.2, 0.25) is 10.0 Å². The number of fused-ring (bicyclic) bond motifs is 1. The van der Waals surface area contributed by atoms with E-state index in [0.717, 1.165) is 0 Å². The molecule has 1 aromatic carbocycles. The van der Waals surface area contributed by atoms with Crippen molar-refractivity contribution in [3.8, 4) is 0 Å². The molecule has 0 aliphatic carbocycles. The molecule has 1 heterocycles. The smallest absolute Gasteiger partial charge is 0.240 e. The highest BCUT2D eigenvalue weighted by atomic mass is 32.2. The first-order chi connectivity index (χ1) is 7.89. The lowest BCUT2D eigenvalue weighted by molar-refractivity contribution is -0.116. The van der Waals surface area contributed by atoms with E-state index in [1.165, 1.54) is 19.1 Å². The molecule has 90 valence electrons. The molecular formula is C9H9N3O4S. The third-order valence-corrected chi connectivity index (χ3v) is 3.15. The molecule has 17 heavy (non-hydrogen) atoms. The second kappa shape index (κ2) is 3.90. The fourth-order valence-corrected chi connectivity index (χ4v) is 2.20. The minimum Gasteiger partial charge on any atom is -0.300 e. The van der Waals surface area contributed by atoms with Crippen LogP contribution in [0.25, 0.3) is 11.0 Å². The zero-order valence-corrected chi connectivity index (χ0v) is 9.69. The summed E-state index contributed by atoms with van der Waals surface area (Å²) in [4.78, 5) is 10.9. The van der Waals surface area contributed by atoms with Gasteiger partial charge >= 0.3 is 0 Å². The van der Waals surface area contributed by atoms with Gasteiger partial charge in [-0.2, -0.15) is 0 Å². The maximum atomic E-state index is 11.3.